The highest BCUT2D eigenvalue weighted by Crippen LogP contribution is 2.25. The summed E-state index contributed by atoms with van der Waals surface area (Å²) in [4.78, 5) is 13.0. The molecule has 120 valence electrons. The number of nitrogens with one attached hydrogen (secondary N) is 2. The van der Waals surface area contributed by atoms with E-state index in [1.54, 1.807) is 0 Å². The molecule has 0 aliphatic carbocycles. The smallest absolute Gasteiger partial charge is 0.232 e. The predicted octanol–water partition coefficient (Wildman–Crippen LogP) is 2.93. The number of carbonyl (C=O) groups is 1. The molecule has 1 aliphatic heterocycles. The standard InChI is InChI=1S/C20H24N2O/c1-15-12-13-21-14-18(15)22-20(23)19(16-8-4-2-5-9-16)17-10-6-3-7-11-17/h2-11,15,18-19,21H,12-14H2,1H3,(H,22,23). The third-order valence-corrected chi connectivity index (χ3v) is 4.68. The first kappa shape index (κ1) is 15.8. The zero-order chi connectivity index (χ0) is 16.1. The van der Waals surface area contributed by atoms with E-state index in [-0.39, 0.29) is 17.9 Å². The molecule has 1 fully saturated rings. The maximum Gasteiger partial charge on any atom is 0.232 e. The maximum absolute atomic E-state index is 13.0. The van der Waals surface area contributed by atoms with E-state index in [9.17, 15) is 4.79 Å². The minimum Gasteiger partial charge on any atom is -0.351 e. The molecule has 2 aromatic carbocycles. The Labute approximate surface area is 138 Å². The fourth-order valence-corrected chi connectivity index (χ4v) is 3.24. The maximum atomic E-state index is 13.0. The lowest BCUT2D eigenvalue weighted by Gasteiger charge is -2.31. The van der Waals surface area contributed by atoms with E-state index in [0.717, 1.165) is 30.6 Å². The Hall–Kier alpha value is -2.13. The van der Waals surface area contributed by atoms with Crippen molar-refractivity contribution in [2.75, 3.05) is 13.1 Å². The fraction of sp³-hybridized carbons (Fsp3) is 0.350. The largest absolute Gasteiger partial charge is 0.351 e. The first-order valence-electron chi connectivity index (χ1n) is 8.36. The van der Waals surface area contributed by atoms with E-state index in [1.165, 1.54) is 0 Å². The lowest BCUT2D eigenvalue weighted by atomic mass is 9.89. The Balaban J connectivity index is 1.85. The van der Waals surface area contributed by atoms with Gasteiger partial charge in [-0.05, 0) is 30.0 Å². The van der Waals surface area contributed by atoms with Crippen LogP contribution >= 0.6 is 0 Å². The topological polar surface area (TPSA) is 41.1 Å². The first-order chi connectivity index (χ1) is 11.3. The summed E-state index contributed by atoms with van der Waals surface area (Å²) in [5, 5.41) is 6.64. The van der Waals surface area contributed by atoms with Gasteiger partial charge in [-0.3, -0.25) is 4.79 Å². The van der Waals surface area contributed by atoms with Crippen LogP contribution in [0.25, 0.3) is 0 Å². The minimum absolute atomic E-state index is 0.0861. The van der Waals surface area contributed by atoms with Gasteiger partial charge >= 0.3 is 0 Å². The van der Waals surface area contributed by atoms with Gasteiger partial charge in [0.15, 0.2) is 0 Å². The molecule has 0 radical (unpaired) electrons. The average molecular weight is 308 g/mol. The van der Waals surface area contributed by atoms with Crippen molar-refractivity contribution in [2.24, 2.45) is 5.92 Å². The molecule has 2 N–H and O–H groups in total. The van der Waals surface area contributed by atoms with Crippen LogP contribution < -0.4 is 10.6 Å². The summed E-state index contributed by atoms with van der Waals surface area (Å²) in [6.07, 6.45) is 1.10. The number of carbonyl (C=O) groups excluding carboxylic acids is 1. The minimum atomic E-state index is -0.258. The van der Waals surface area contributed by atoms with Crippen LogP contribution in [0.5, 0.6) is 0 Å². The summed E-state index contributed by atoms with van der Waals surface area (Å²) in [5.41, 5.74) is 2.07. The molecule has 0 aromatic heterocycles. The van der Waals surface area contributed by atoms with Gasteiger partial charge in [-0.2, -0.15) is 0 Å². The number of benzene rings is 2. The van der Waals surface area contributed by atoms with E-state index in [1.807, 2.05) is 60.7 Å². The van der Waals surface area contributed by atoms with Crippen LogP contribution in [0.2, 0.25) is 0 Å². The molecule has 1 amide bonds. The van der Waals surface area contributed by atoms with Crippen LogP contribution in [-0.4, -0.2) is 25.0 Å². The second kappa shape index (κ2) is 7.42. The Morgan fingerprint density at radius 3 is 2.13 bits per heavy atom. The van der Waals surface area contributed by atoms with E-state index < -0.39 is 0 Å². The first-order valence-corrected chi connectivity index (χ1v) is 8.36. The molecule has 1 aliphatic rings. The second-order valence-electron chi connectivity index (χ2n) is 6.34. The SMILES string of the molecule is CC1CCNCC1NC(=O)C(c1ccccc1)c1ccccc1. The number of hydrogen-bond acceptors (Lipinski definition) is 2. The third-order valence-electron chi connectivity index (χ3n) is 4.68. The highest BCUT2D eigenvalue weighted by molar-refractivity contribution is 5.87. The van der Waals surface area contributed by atoms with Gasteiger partial charge in [0, 0.05) is 12.6 Å². The van der Waals surface area contributed by atoms with Crippen molar-refractivity contribution in [3.8, 4) is 0 Å². The Morgan fingerprint density at radius 2 is 1.61 bits per heavy atom. The van der Waals surface area contributed by atoms with Gasteiger partial charge in [0.05, 0.1) is 5.92 Å². The van der Waals surface area contributed by atoms with Gasteiger partial charge in [-0.25, -0.2) is 0 Å². The number of amides is 1. The normalized spacial score (nSPS) is 21.1. The molecule has 1 heterocycles. The van der Waals surface area contributed by atoms with Gasteiger partial charge in [0.2, 0.25) is 5.91 Å². The molecule has 0 bridgehead atoms. The van der Waals surface area contributed by atoms with Crippen LogP contribution in [0.3, 0.4) is 0 Å². The van der Waals surface area contributed by atoms with Gasteiger partial charge < -0.3 is 10.6 Å². The van der Waals surface area contributed by atoms with Crippen molar-refractivity contribution >= 4 is 5.91 Å². The molecule has 3 rings (SSSR count). The van der Waals surface area contributed by atoms with E-state index in [0.29, 0.717) is 5.92 Å². The second-order valence-corrected chi connectivity index (χ2v) is 6.34. The molecule has 1 saturated heterocycles. The van der Waals surface area contributed by atoms with Crippen molar-refractivity contribution in [3.05, 3.63) is 71.8 Å². The third kappa shape index (κ3) is 3.80. The lowest BCUT2D eigenvalue weighted by Crippen LogP contribution is -2.51. The molecule has 2 atom stereocenters. The summed E-state index contributed by atoms with van der Waals surface area (Å²) in [6.45, 7) is 4.10. The van der Waals surface area contributed by atoms with Crippen LogP contribution in [0, 0.1) is 5.92 Å². The van der Waals surface area contributed by atoms with Crippen molar-refractivity contribution in [3.63, 3.8) is 0 Å². The Morgan fingerprint density at radius 1 is 1.04 bits per heavy atom. The summed E-state index contributed by atoms with van der Waals surface area (Å²) in [5.74, 6) is 0.335. The molecule has 2 unspecified atom stereocenters. The fourth-order valence-electron chi connectivity index (χ4n) is 3.24. The molecular formula is C20H24N2O. The van der Waals surface area contributed by atoms with Gasteiger partial charge in [0.1, 0.15) is 0 Å². The van der Waals surface area contributed by atoms with E-state index in [2.05, 4.69) is 17.6 Å². The summed E-state index contributed by atoms with van der Waals surface area (Å²) >= 11 is 0. The molecular weight excluding hydrogens is 284 g/mol. The molecule has 2 aromatic rings. The summed E-state index contributed by atoms with van der Waals surface area (Å²) < 4.78 is 0. The molecule has 3 heteroatoms. The Bertz CT molecular complexity index is 587. The molecule has 3 nitrogen and oxygen atoms in total. The van der Waals surface area contributed by atoms with Crippen LogP contribution in [0.15, 0.2) is 60.7 Å². The molecule has 0 saturated carbocycles. The number of piperidine rings is 1. The number of rotatable bonds is 4. The lowest BCUT2D eigenvalue weighted by molar-refractivity contribution is -0.122. The number of hydrogen-bond donors (Lipinski definition) is 2. The van der Waals surface area contributed by atoms with Gasteiger partial charge in [-0.15, -0.1) is 0 Å². The highest BCUT2D eigenvalue weighted by Gasteiger charge is 2.28. The zero-order valence-corrected chi connectivity index (χ0v) is 13.5. The van der Waals surface area contributed by atoms with Gasteiger partial charge in [-0.1, -0.05) is 67.6 Å². The highest BCUT2D eigenvalue weighted by atomic mass is 16.2. The van der Waals surface area contributed by atoms with E-state index in [4.69, 9.17) is 0 Å². The molecule has 23 heavy (non-hydrogen) atoms. The molecule has 0 spiro atoms. The summed E-state index contributed by atoms with van der Waals surface area (Å²) in [6, 6.07) is 20.2. The quantitative estimate of drug-likeness (QED) is 0.912. The van der Waals surface area contributed by atoms with Crippen LogP contribution in [0.4, 0.5) is 0 Å². The Kier molecular flexibility index (Phi) is 5.09. The van der Waals surface area contributed by atoms with Crippen molar-refractivity contribution in [1.82, 2.24) is 10.6 Å². The van der Waals surface area contributed by atoms with Gasteiger partial charge in [0.25, 0.3) is 0 Å². The van der Waals surface area contributed by atoms with Crippen molar-refractivity contribution in [1.29, 1.82) is 0 Å². The zero-order valence-electron chi connectivity index (χ0n) is 13.5. The summed E-state index contributed by atoms with van der Waals surface area (Å²) in [7, 11) is 0. The van der Waals surface area contributed by atoms with Crippen molar-refractivity contribution < 1.29 is 4.79 Å². The van der Waals surface area contributed by atoms with E-state index >= 15 is 0 Å². The monoisotopic (exact) mass is 308 g/mol. The van der Waals surface area contributed by atoms with Crippen LogP contribution in [-0.2, 0) is 4.79 Å². The van der Waals surface area contributed by atoms with Crippen molar-refractivity contribution in [2.45, 2.75) is 25.3 Å². The average Bonchev–Trinajstić information content (AvgIpc) is 2.59. The predicted molar refractivity (Wildman–Crippen MR) is 93.3 cm³/mol. The van der Waals surface area contributed by atoms with Crippen LogP contribution in [0.1, 0.15) is 30.4 Å².